The van der Waals surface area contributed by atoms with Gasteiger partial charge in [-0.3, -0.25) is 0 Å². The highest BCUT2D eigenvalue weighted by Crippen LogP contribution is 2.18. The third-order valence-electron chi connectivity index (χ3n) is 3.13. The minimum atomic E-state index is 0.602. The van der Waals surface area contributed by atoms with Gasteiger partial charge in [0.15, 0.2) is 0 Å². The summed E-state index contributed by atoms with van der Waals surface area (Å²) in [6.45, 7) is 4.36. The van der Waals surface area contributed by atoms with Gasteiger partial charge in [-0.05, 0) is 46.0 Å². The Morgan fingerprint density at radius 1 is 0.938 bits per heavy atom. The molecule has 0 saturated heterocycles. The molecular weight excluding hydrogens is 192 g/mol. The van der Waals surface area contributed by atoms with E-state index in [1.807, 2.05) is 0 Å². The predicted molar refractivity (Wildman–Crippen MR) is 73.4 cm³/mol. The van der Waals surface area contributed by atoms with E-state index in [1.165, 1.54) is 31.3 Å². The van der Waals surface area contributed by atoms with Gasteiger partial charge in [-0.1, -0.05) is 48.1 Å². The average Bonchev–Trinajstić information content (AvgIpc) is 2.29. The van der Waals surface area contributed by atoms with Gasteiger partial charge in [-0.2, -0.15) is 0 Å². The van der Waals surface area contributed by atoms with Crippen LogP contribution in [0.2, 0.25) is 0 Å². The Labute approximate surface area is 100 Å². The summed E-state index contributed by atoms with van der Waals surface area (Å²) in [6, 6.07) is 0. The van der Waals surface area contributed by atoms with Gasteiger partial charge >= 0.3 is 0 Å². The monoisotopic (exact) mass is 216 g/mol. The molecule has 1 atom stereocenters. The molecule has 0 heterocycles. The molecule has 0 aromatic carbocycles. The molecule has 1 aliphatic carbocycles. The molecule has 0 aliphatic heterocycles. The van der Waals surface area contributed by atoms with Crippen LogP contribution in [0.4, 0.5) is 0 Å². The summed E-state index contributed by atoms with van der Waals surface area (Å²) >= 11 is 0. The van der Waals surface area contributed by atoms with E-state index in [2.05, 4.69) is 56.4 Å². The van der Waals surface area contributed by atoms with E-state index in [9.17, 15) is 0 Å². The molecule has 0 fully saturated rings. The molecular formula is C16H24. The average molecular weight is 216 g/mol. The molecule has 88 valence electrons. The molecule has 0 amide bonds. The Bertz CT molecular complexity index is 289. The smallest absolute Gasteiger partial charge is 0.000835 e. The zero-order valence-corrected chi connectivity index (χ0v) is 10.7. The number of hydrogen-bond acceptors (Lipinski definition) is 0. The highest BCUT2D eigenvalue weighted by atomic mass is 14.1. The largest absolute Gasteiger partial charge is 0.0882 e. The Kier molecular flexibility index (Phi) is 6.64. The van der Waals surface area contributed by atoms with Gasteiger partial charge in [0.2, 0.25) is 0 Å². The third-order valence-corrected chi connectivity index (χ3v) is 3.13. The van der Waals surface area contributed by atoms with Crippen molar-refractivity contribution < 1.29 is 0 Å². The second-order valence-corrected chi connectivity index (χ2v) is 4.40. The lowest BCUT2D eigenvalue weighted by Gasteiger charge is -2.11. The van der Waals surface area contributed by atoms with Gasteiger partial charge in [0.05, 0.1) is 0 Å². The molecule has 0 aromatic heterocycles. The minimum Gasteiger partial charge on any atom is -0.0882 e. The first-order valence-corrected chi connectivity index (χ1v) is 6.44. The number of hydrogen-bond donors (Lipinski definition) is 0. The zero-order valence-electron chi connectivity index (χ0n) is 10.7. The minimum absolute atomic E-state index is 0.602. The molecule has 0 nitrogen and oxygen atoms in total. The van der Waals surface area contributed by atoms with E-state index < -0.39 is 0 Å². The fraction of sp³-hybridized carbons (Fsp3) is 0.500. The molecule has 0 saturated carbocycles. The summed E-state index contributed by atoms with van der Waals surface area (Å²) in [6.07, 6.45) is 22.1. The first-order valence-electron chi connectivity index (χ1n) is 6.44. The maximum atomic E-state index is 2.37. The lowest BCUT2D eigenvalue weighted by Crippen LogP contribution is -1.96. The van der Waals surface area contributed by atoms with Crippen molar-refractivity contribution in [2.75, 3.05) is 0 Å². The summed E-state index contributed by atoms with van der Waals surface area (Å²) in [5.41, 5.74) is 1.48. The standard InChI is InChI=1S/C16H24/c1-3-15(2)16-13-11-9-7-5-4-6-8-10-12-14-16/h3-5,10-13,16H,6-9,14H2,1-2H3. The van der Waals surface area contributed by atoms with Crippen molar-refractivity contribution >= 4 is 0 Å². The molecule has 0 radical (unpaired) electrons. The van der Waals surface area contributed by atoms with Gasteiger partial charge in [-0.15, -0.1) is 0 Å². The van der Waals surface area contributed by atoms with Crippen LogP contribution >= 0.6 is 0 Å². The third kappa shape index (κ3) is 5.16. The van der Waals surface area contributed by atoms with E-state index in [1.54, 1.807) is 0 Å². The van der Waals surface area contributed by atoms with Crippen LogP contribution in [0.5, 0.6) is 0 Å². The van der Waals surface area contributed by atoms with Crippen molar-refractivity contribution in [2.24, 2.45) is 5.92 Å². The summed E-state index contributed by atoms with van der Waals surface area (Å²) in [4.78, 5) is 0. The van der Waals surface area contributed by atoms with Crippen LogP contribution in [-0.4, -0.2) is 0 Å². The summed E-state index contributed by atoms with van der Waals surface area (Å²) in [5, 5.41) is 0. The lowest BCUT2D eigenvalue weighted by molar-refractivity contribution is 0.763. The number of allylic oxidation sites excluding steroid dienone is 8. The van der Waals surface area contributed by atoms with Gasteiger partial charge in [-0.25, -0.2) is 0 Å². The van der Waals surface area contributed by atoms with Crippen molar-refractivity contribution in [3.8, 4) is 0 Å². The highest BCUT2D eigenvalue weighted by molar-refractivity contribution is 5.12. The van der Waals surface area contributed by atoms with Crippen LogP contribution in [0, 0.1) is 5.92 Å². The van der Waals surface area contributed by atoms with Gasteiger partial charge in [0.25, 0.3) is 0 Å². The first-order chi connectivity index (χ1) is 7.84. The SMILES string of the molecule is CC=C(C)C1C=CCCC=CCCC=CC1. The predicted octanol–water partition coefficient (Wildman–Crippen LogP) is 5.20. The number of rotatable bonds is 1. The second-order valence-electron chi connectivity index (χ2n) is 4.40. The fourth-order valence-corrected chi connectivity index (χ4v) is 1.87. The van der Waals surface area contributed by atoms with Crippen molar-refractivity contribution in [1.29, 1.82) is 0 Å². The van der Waals surface area contributed by atoms with Gasteiger partial charge in [0, 0.05) is 5.92 Å². The van der Waals surface area contributed by atoms with Crippen LogP contribution in [0.3, 0.4) is 0 Å². The van der Waals surface area contributed by atoms with Crippen molar-refractivity contribution in [3.05, 3.63) is 48.1 Å². The van der Waals surface area contributed by atoms with Crippen molar-refractivity contribution in [3.63, 3.8) is 0 Å². The van der Waals surface area contributed by atoms with E-state index >= 15 is 0 Å². The van der Waals surface area contributed by atoms with Crippen LogP contribution in [0.1, 0.15) is 46.0 Å². The molecule has 0 heteroatoms. The van der Waals surface area contributed by atoms with Crippen molar-refractivity contribution in [2.45, 2.75) is 46.0 Å². The van der Waals surface area contributed by atoms with Crippen LogP contribution in [0.15, 0.2) is 48.1 Å². The molecule has 1 unspecified atom stereocenters. The normalized spacial score (nSPS) is 23.9. The Morgan fingerprint density at radius 3 is 2.12 bits per heavy atom. The van der Waals surface area contributed by atoms with E-state index in [0.717, 1.165) is 6.42 Å². The maximum Gasteiger partial charge on any atom is 0.000835 e. The Morgan fingerprint density at radius 2 is 1.50 bits per heavy atom. The molecule has 0 spiro atoms. The van der Waals surface area contributed by atoms with E-state index in [-0.39, 0.29) is 0 Å². The van der Waals surface area contributed by atoms with Crippen molar-refractivity contribution in [1.82, 2.24) is 0 Å². The first kappa shape index (κ1) is 13.0. The molecule has 16 heavy (non-hydrogen) atoms. The second kappa shape index (κ2) is 8.15. The van der Waals surface area contributed by atoms with E-state index in [0.29, 0.717) is 5.92 Å². The van der Waals surface area contributed by atoms with Gasteiger partial charge in [0.1, 0.15) is 0 Å². The molecule has 1 rings (SSSR count). The summed E-state index contributed by atoms with van der Waals surface area (Å²) in [7, 11) is 0. The van der Waals surface area contributed by atoms with Crippen LogP contribution in [-0.2, 0) is 0 Å². The fourth-order valence-electron chi connectivity index (χ4n) is 1.87. The maximum absolute atomic E-state index is 2.37. The Balaban J connectivity index is 2.64. The lowest BCUT2D eigenvalue weighted by atomic mass is 9.95. The summed E-state index contributed by atoms with van der Waals surface area (Å²) < 4.78 is 0. The highest BCUT2D eigenvalue weighted by Gasteiger charge is 2.03. The molecule has 1 aliphatic rings. The topological polar surface area (TPSA) is 0 Å². The molecule has 0 aromatic rings. The zero-order chi connectivity index (χ0) is 11.6. The van der Waals surface area contributed by atoms with Gasteiger partial charge < -0.3 is 0 Å². The molecule has 0 N–H and O–H groups in total. The molecule has 0 bridgehead atoms. The van der Waals surface area contributed by atoms with Crippen LogP contribution < -0.4 is 0 Å². The Hall–Kier alpha value is -1.04. The summed E-state index contributed by atoms with van der Waals surface area (Å²) in [5.74, 6) is 0.602. The van der Waals surface area contributed by atoms with E-state index in [4.69, 9.17) is 0 Å². The quantitative estimate of drug-likeness (QED) is 0.528. The van der Waals surface area contributed by atoms with Crippen LogP contribution in [0.25, 0.3) is 0 Å².